The molecule has 1 unspecified atom stereocenters. The SMILES string of the molecule is COc1ccc(CN(C(=O)C2CCCc3ccc(OC)cc32)c2ccc(C(C)C)cc2)nc1.Cl.O. The smallest absolute Gasteiger partial charge is 0.234 e. The molecule has 0 saturated carbocycles. The largest absolute Gasteiger partial charge is 0.497 e. The molecular formula is C28H35ClN2O4. The minimum atomic E-state index is -0.202. The van der Waals surface area contributed by atoms with Gasteiger partial charge in [-0.15, -0.1) is 12.4 Å². The van der Waals surface area contributed by atoms with Crippen molar-refractivity contribution in [3.05, 3.63) is 83.2 Å². The van der Waals surface area contributed by atoms with Gasteiger partial charge in [0.25, 0.3) is 0 Å². The Balaban J connectivity index is 0.00000216. The fourth-order valence-corrected chi connectivity index (χ4v) is 4.47. The minimum absolute atomic E-state index is 0. The molecule has 1 aromatic heterocycles. The third kappa shape index (κ3) is 6.32. The van der Waals surface area contributed by atoms with Crippen LogP contribution in [0.5, 0.6) is 11.5 Å². The molecule has 4 rings (SSSR count). The molecule has 0 fully saturated rings. The molecule has 2 aromatic carbocycles. The van der Waals surface area contributed by atoms with E-state index in [1.54, 1.807) is 20.4 Å². The lowest BCUT2D eigenvalue weighted by molar-refractivity contribution is -0.120. The van der Waals surface area contributed by atoms with E-state index < -0.39 is 0 Å². The summed E-state index contributed by atoms with van der Waals surface area (Å²) in [6, 6.07) is 18.2. The monoisotopic (exact) mass is 498 g/mol. The lowest BCUT2D eigenvalue weighted by Gasteiger charge is -2.31. The quantitative estimate of drug-likeness (QED) is 0.432. The fourth-order valence-electron chi connectivity index (χ4n) is 4.47. The van der Waals surface area contributed by atoms with Gasteiger partial charge in [-0.05, 0) is 78.3 Å². The number of aromatic nitrogens is 1. The van der Waals surface area contributed by atoms with E-state index in [0.29, 0.717) is 18.2 Å². The van der Waals surface area contributed by atoms with Crippen LogP contribution in [0, 0.1) is 0 Å². The molecule has 35 heavy (non-hydrogen) atoms. The number of ether oxygens (including phenoxy) is 2. The first-order chi connectivity index (χ1) is 16.0. The van der Waals surface area contributed by atoms with Crippen molar-refractivity contribution in [2.24, 2.45) is 0 Å². The van der Waals surface area contributed by atoms with Gasteiger partial charge in [-0.3, -0.25) is 9.78 Å². The van der Waals surface area contributed by atoms with Gasteiger partial charge >= 0.3 is 0 Å². The standard InChI is InChI=1S/C28H32N2O3.ClH.H2O/c1-19(2)20-8-12-23(13-9-20)30(18-22-11-15-25(33-4)17-29-22)28(31)26-7-5-6-21-10-14-24(32-3)16-27(21)26;;/h8-17,19,26H,5-7,18H2,1-4H3;1H;1H2. The maximum Gasteiger partial charge on any atom is 0.234 e. The lowest BCUT2D eigenvalue weighted by Crippen LogP contribution is -2.36. The van der Waals surface area contributed by atoms with Crippen LogP contribution in [-0.2, 0) is 17.8 Å². The molecule has 7 heteroatoms. The number of anilines is 1. The van der Waals surface area contributed by atoms with E-state index in [4.69, 9.17) is 9.47 Å². The van der Waals surface area contributed by atoms with Gasteiger partial charge in [0, 0.05) is 5.69 Å². The fraction of sp³-hybridized carbons (Fsp3) is 0.357. The second-order valence-corrected chi connectivity index (χ2v) is 8.87. The second-order valence-electron chi connectivity index (χ2n) is 8.87. The Morgan fingerprint density at radius 2 is 1.71 bits per heavy atom. The van der Waals surface area contributed by atoms with Gasteiger partial charge in [0.1, 0.15) is 11.5 Å². The predicted molar refractivity (Wildman–Crippen MR) is 142 cm³/mol. The number of hydrogen-bond acceptors (Lipinski definition) is 4. The zero-order valence-electron chi connectivity index (χ0n) is 20.8. The number of pyridine rings is 1. The van der Waals surface area contributed by atoms with Crippen LogP contribution < -0.4 is 14.4 Å². The Bertz CT molecular complexity index is 1100. The summed E-state index contributed by atoms with van der Waals surface area (Å²) in [7, 11) is 3.29. The summed E-state index contributed by atoms with van der Waals surface area (Å²) in [5.74, 6) is 1.82. The molecule has 0 radical (unpaired) electrons. The summed E-state index contributed by atoms with van der Waals surface area (Å²) in [6.07, 6.45) is 4.51. The highest BCUT2D eigenvalue weighted by atomic mass is 35.5. The topological polar surface area (TPSA) is 83.2 Å². The molecule has 6 nitrogen and oxygen atoms in total. The number of carbonyl (C=O) groups is 1. The average Bonchev–Trinajstić information content (AvgIpc) is 2.86. The number of methoxy groups -OCH3 is 2. The van der Waals surface area contributed by atoms with E-state index in [9.17, 15) is 4.79 Å². The van der Waals surface area contributed by atoms with Crippen LogP contribution in [0.3, 0.4) is 0 Å². The number of halogens is 1. The molecule has 1 heterocycles. The van der Waals surface area contributed by atoms with Gasteiger partial charge in [0.05, 0.1) is 38.6 Å². The van der Waals surface area contributed by atoms with Crippen LogP contribution in [0.25, 0.3) is 0 Å². The Morgan fingerprint density at radius 3 is 2.31 bits per heavy atom. The molecule has 0 bridgehead atoms. The Labute approximate surface area is 214 Å². The first kappa shape index (κ1) is 28.1. The predicted octanol–water partition coefficient (Wildman–Crippen LogP) is 5.47. The van der Waals surface area contributed by atoms with Gasteiger partial charge in [0.15, 0.2) is 0 Å². The summed E-state index contributed by atoms with van der Waals surface area (Å²) in [5, 5.41) is 0. The van der Waals surface area contributed by atoms with Crippen molar-refractivity contribution in [2.75, 3.05) is 19.1 Å². The molecule has 1 atom stereocenters. The zero-order valence-corrected chi connectivity index (χ0v) is 21.6. The summed E-state index contributed by atoms with van der Waals surface area (Å²) in [6.45, 7) is 4.75. The molecule has 0 spiro atoms. The third-order valence-corrected chi connectivity index (χ3v) is 6.46. The summed E-state index contributed by atoms with van der Waals surface area (Å²) in [4.78, 5) is 20.4. The van der Waals surface area contributed by atoms with Crippen LogP contribution in [0.15, 0.2) is 60.8 Å². The van der Waals surface area contributed by atoms with Crippen molar-refractivity contribution < 1.29 is 19.7 Å². The highest BCUT2D eigenvalue weighted by Crippen LogP contribution is 2.37. The Morgan fingerprint density at radius 1 is 1.03 bits per heavy atom. The maximum atomic E-state index is 14.0. The maximum absolute atomic E-state index is 14.0. The number of rotatable bonds is 7. The number of aryl methyl sites for hydroxylation is 1. The van der Waals surface area contributed by atoms with E-state index >= 15 is 0 Å². The first-order valence-corrected chi connectivity index (χ1v) is 11.6. The molecule has 0 aliphatic heterocycles. The van der Waals surface area contributed by atoms with Gasteiger partial charge < -0.3 is 19.8 Å². The number of fused-ring (bicyclic) bond motifs is 1. The minimum Gasteiger partial charge on any atom is -0.497 e. The molecule has 1 aliphatic carbocycles. The van der Waals surface area contributed by atoms with E-state index in [1.807, 2.05) is 41.3 Å². The van der Waals surface area contributed by atoms with Crippen LogP contribution >= 0.6 is 12.4 Å². The van der Waals surface area contributed by atoms with Crippen molar-refractivity contribution in [3.63, 3.8) is 0 Å². The van der Waals surface area contributed by atoms with Gasteiger partial charge in [-0.25, -0.2) is 0 Å². The highest BCUT2D eigenvalue weighted by Gasteiger charge is 2.31. The molecule has 0 saturated heterocycles. The third-order valence-electron chi connectivity index (χ3n) is 6.46. The summed E-state index contributed by atoms with van der Waals surface area (Å²) >= 11 is 0. The van der Waals surface area contributed by atoms with Crippen molar-refractivity contribution >= 4 is 24.0 Å². The van der Waals surface area contributed by atoms with Gasteiger partial charge in [-0.2, -0.15) is 0 Å². The summed E-state index contributed by atoms with van der Waals surface area (Å²) < 4.78 is 10.7. The molecular weight excluding hydrogens is 464 g/mol. The summed E-state index contributed by atoms with van der Waals surface area (Å²) in [5.41, 5.74) is 5.27. The molecule has 1 aliphatic rings. The normalized spacial score (nSPS) is 14.3. The second kappa shape index (κ2) is 12.6. The van der Waals surface area contributed by atoms with Crippen LogP contribution in [0.2, 0.25) is 0 Å². The van der Waals surface area contributed by atoms with E-state index in [-0.39, 0.29) is 29.7 Å². The molecule has 188 valence electrons. The number of hydrogen-bond donors (Lipinski definition) is 0. The van der Waals surface area contributed by atoms with Crippen LogP contribution in [-0.4, -0.2) is 30.6 Å². The molecule has 2 N–H and O–H groups in total. The first-order valence-electron chi connectivity index (χ1n) is 11.6. The van der Waals surface area contributed by atoms with Gasteiger partial charge in [-0.1, -0.05) is 32.0 Å². The number of carbonyl (C=O) groups excluding carboxylic acids is 1. The van der Waals surface area contributed by atoms with Crippen LogP contribution in [0.1, 0.15) is 60.9 Å². The van der Waals surface area contributed by atoms with Crippen molar-refractivity contribution in [1.29, 1.82) is 0 Å². The number of benzene rings is 2. The zero-order chi connectivity index (χ0) is 23.4. The van der Waals surface area contributed by atoms with E-state index in [2.05, 4.69) is 37.0 Å². The van der Waals surface area contributed by atoms with Crippen molar-refractivity contribution in [3.8, 4) is 11.5 Å². The highest BCUT2D eigenvalue weighted by molar-refractivity contribution is 5.98. The van der Waals surface area contributed by atoms with Crippen molar-refractivity contribution in [1.82, 2.24) is 4.98 Å². The Kier molecular flexibility index (Phi) is 10.1. The average molecular weight is 499 g/mol. The van der Waals surface area contributed by atoms with Crippen LogP contribution in [0.4, 0.5) is 5.69 Å². The van der Waals surface area contributed by atoms with Crippen molar-refractivity contribution in [2.45, 2.75) is 51.5 Å². The lowest BCUT2D eigenvalue weighted by atomic mass is 9.81. The molecule has 3 aromatic rings. The number of nitrogens with zero attached hydrogens (tertiary/aromatic N) is 2. The van der Waals surface area contributed by atoms with E-state index in [1.165, 1.54) is 11.1 Å². The van der Waals surface area contributed by atoms with Gasteiger partial charge in [0.2, 0.25) is 5.91 Å². The molecule has 1 amide bonds. The van der Waals surface area contributed by atoms with E-state index in [0.717, 1.165) is 42.0 Å². The Hall–Kier alpha value is -3.09. The number of amides is 1.